The van der Waals surface area contributed by atoms with Gasteiger partial charge in [-0.2, -0.15) is 0 Å². The van der Waals surface area contributed by atoms with Gasteiger partial charge < -0.3 is 10.1 Å². The van der Waals surface area contributed by atoms with Crippen LogP contribution < -0.4 is 10.1 Å². The van der Waals surface area contributed by atoms with E-state index in [9.17, 15) is 4.79 Å². The first-order valence-corrected chi connectivity index (χ1v) is 6.20. The Labute approximate surface area is 117 Å². The average molecular weight is 274 g/mol. The zero-order valence-electron chi connectivity index (χ0n) is 10.5. The fraction of sp³-hybridized carbons (Fsp3) is 0.143. The van der Waals surface area contributed by atoms with Crippen LogP contribution in [-0.4, -0.2) is 18.0 Å². The Balaban J connectivity index is 1.95. The molecule has 4 nitrogen and oxygen atoms in total. The number of nitrogens with one attached hydrogen (secondary N) is 1. The van der Waals surface area contributed by atoms with Gasteiger partial charge in [0.15, 0.2) is 0 Å². The number of hydrogen-bond donors (Lipinski definition) is 2. The second kappa shape index (κ2) is 6.24. The van der Waals surface area contributed by atoms with E-state index in [4.69, 9.17) is 4.74 Å². The minimum atomic E-state index is -0.0844. The number of carbonyl (C=O) groups is 1. The number of anilines is 1. The third-order valence-electron chi connectivity index (χ3n) is 2.53. The molecule has 0 aliphatic rings. The maximum atomic E-state index is 11.8. The fourth-order valence-electron chi connectivity index (χ4n) is 1.58. The van der Waals surface area contributed by atoms with E-state index in [1.807, 2.05) is 24.3 Å². The minimum Gasteiger partial charge on any atom is -0.481 e. The normalized spacial score (nSPS) is 10.0. The van der Waals surface area contributed by atoms with Crippen molar-refractivity contribution in [1.29, 1.82) is 0 Å². The first-order chi connectivity index (χ1) is 9.17. The van der Waals surface area contributed by atoms with Gasteiger partial charge in [-0.25, -0.2) is 4.98 Å². The number of rotatable bonds is 4. The van der Waals surface area contributed by atoms with Gasteiger partial charge in [0.1, 0.15) is 0 Å². The van der Waals surface area contributed by atoms with Crippen molar-refractivity contribution in [2.24, 2.45) is 0 Å². The Morgan fingerprint density at radius 2 is 2.00 bits per heavy atom. The Kier molecular flexibility index (Phi) is 4.41. The summed E-state index contributed by atoms with van der Waals surface area (Å²) in [6, 6.07) is 10.9. The lowest BCUT2D eigenvalue weighted by atomic mass is 10.1. The predicted octanol–water partition coefficient (Wildman–Crippen LogP) is 2.56. The third-order valence-corrected chi connectivity index (χ3v) is 2.83. The molecule has 0 unspecified atom stereocenters. The monoisotopic (exact) mass is 274 g/mol. The summed E-state index contributed by atoms with van der Waals surface area (Å²) in [6.07, 6.45) is 1.88. The van der Waals surface area contributed by atoms with Crippen LogP contribution in [0.15, 0.2) is 47.5 Å². The number of thiol groups is 1. The van der Waals surface area contributed by atoms with Gasteiger partial charge in [0.25, 0.3) is 0 Å². The van der Waals surface area contributed by atoms with Crippen LogP contribution in [0.4, 0.5) is 5.69 Å². The number of pyridine rings is 1. The largest absolute Gasteiger partial charge is 0.481 e. The molecule has 0 spiro atoms. The molecule has 1 aromatic heterocycles. The molecular weight excluding hydrogens is 260 g/mol. The minimum absolute atomic E-state index is 0.0844. The number of hydrogen-bond acceptors (Lipinski definition) is 4. The van der Waals surface area contributed by atoms with E-state index < -0.39 is 0 Å². The van der Waals surface area contributed by atoms with Crippen LogP contribution in [0.5, 0.6) is 5.88 Å². The lowest BCUT2D eigenvalue weighted by Gasteiger charge is -2.06. The summed E-state index contributed by atoms with van der Waals surface area (Å²) in [5.74, 6) is 0.432. The van der Waals surface area contributed by atoms with Crippen molar-refractivity contribution in [1.82, 2.24) is 4.98 Å². The van der Waals surface area contributed by atoms with Gasteiger partial charge in [0.2, 0.25) is 11.8 Å². The molecule has 0 saturated heterocycles. The summed E-state index contributed by atoms with van der Waals surface area (Å²) in [6.45, 7) is 0. The second-order valence-electron chi connectivity index (χ2n) is 3.98. The molecule has 0 radical (unpaired) electrons. The van der Waals surface area contributed by atoms with Gasteiger partial charge in [0.05, 0.1) is 25.4 Å². The van der Waals surface area contributed by atoms with Gasteiger partial charge in [0, 0.05) is 11.0 Å². The molecule has 19 heavy (non-hydrogen) atoms. The van der Waals surface area contributed by atoms with Crippen LogP contribution in [0.25, 0.3) is 0 Å². The van der Waals surface area contributed by atoms with Crippen LogP contribution >= 0.6 is 12.6 Å². The molecule has 0 fully saturated rings. The zero-order valence-corrected chi connectivity index (χ0v) is 11.4. The fourth-order valence-corrected chi connectivity index (χ4v) is 1.73. The van der Waals surface area contributed by atoms with Gasteiger partial charge >= 0.3 is 0 Å². The number of benzene rings is 1. The van der Waals surface area contributed by atoms with E-state index >= 15 is 0 Å². The summed E-state index contributed by atoms with van der Waals surface area (Å²) in [7, 11) is 1.55. The molecule has 0 aliphatic carbocycles. The highest BCUT2D eigenvalue weighted by Gasteiger charge is 2.04. The zero-order chi connectivity index (χ0) is 13.7. The second-order valence-corrected chi connectivity index (χ2v) is 4.50. The number of aromatic nitrogens is 1. The lowest BCUT2D eigenvalue weighted by molar-refractivity contribution is -0.115. The van der Waals surface area contributed by atoms with Gasteiger partial charge in [-0.05, 0) is 23.8 Å². The first-order valence-electron chi connectivity index (χ1n) is 5.75. The third kappa shape index (κ3) is 3.99. The van der Waals surface area contributed by atoms with Crippen molar-refractivity contribution < 1.29 is 9.53 Å². The van der Waals surface area contributed by atoms with E-state index in [-0.39, 0.29) is 5.91 Å². The molecule has 1 N–H and O–H groups in total. The van der Waals surface area contributed by atoms with Crippen molar-refractivity contribution in [3.05, 3.63) is 48.2 Å². The van der Waals surface area contributed by atoms with Crippen molar-refractivity contribution in [3.8, 4) is 5.88 Å². The Bertz CT molecular complexity index is 553. The van der Waals surface area contributed by atoms with Crippen molar-refractivity contribution >= 4 is 24.2 Å². The topological polar surface area (TPSA) is 51.2 Å². The molecular formula is C14H14N2O2S. The highest BCUT2D eigenvalue weighted by atomic mass is 32.1. The van der Waals surface area contributed by atoms with Crippen LogP contribution in [0.2, 0.25) is 0 Å². The molecule has 1 aromatic carbocycles. The van der Waals surface area contributed by atoms with Crippen LogP contribution in [-0.2, 0) is 11.2 Å². The molecule has 2 aromatic rings. The molecule has 2 rings (SSSR count). The van der Waals surface area contributed by atoms with E-state index in [0.717, 1.165) is 10.5 Å². The van der Waals surface area contributed by atoms with Crippen LogP contribution in [0.1, 0.15) is 5.56 Å². The van der Waals surface area contributed by atoms with E-state index in [1.54, 1.807) is 25.4 Å². The maximum Gasteiger partial charge on any atom is 0.228 e. The van der Waals surface area contributed by atoms with Gasteiger partial charge in [-0.3, -0.25) is 4.79 Å². The number of carbonyl (C=O) groups excluding carboxylic acids is 1. The highest BCUT2D eigenvalue weighted by molar-refractivity contribution is 7.80. The molecule has 0 saturated carbocycles. The quantitative estimate of drug-likeness (QED) is 0.842. The molecule has 5 heteroatoms. The van der Waals surface area contributed by atoms with E-state index in [1.165, 1.54) is 0 Å². The standard InChI is InChI=1S/C14H14N2O2S/c1-18-14-7-4-11(9-15-14)16-13(17)8-10-2-5-12(19)6-3-10/h2-7,9,19H,8H2,1H3,(H,16,17). The molecule has 98 valence electrons. The molecule has 0 aliphatic heterocycles. The lowest BCUT2D eigenvalue weighted by Crippen LogP contribution is -2.14. The first kappa shape index (κ1) is 13.4. The number of amides is 1. The van der Waals surface area contributed by atoms with Gasteiger partial charge in [-0.1, -0.05) is 12.1 Å². The molecule has 0 bridgehead atoms. The Morgan fingerprint density at radius 1 is 1.26 bits per heavy atom. The predicted molar refractivity (Wildman–Crippen MR) is 76.8 cm³/mol. The highest BCUT2D eigenvalue weighted by Crippen LogP contribution is 2.12. The number of methoxy groups -OCH3 is 1. The van der Waals surface area contributed by atoms with E-state index in [2.05, 4.69) is 22.9 Å². The van der Waals surface area contributed by atoms with Crippen molar-refractivity contribution in [3.63, 3.8) is 0 Å². The molecule has 1 amide bonds. The summed E-state index contributed by atoms with van der Waals surface area (Å²) in [5, 5.41) is 2.78. The van der Waals surface area contributed by atoms with Crippen LogP contribution in [0.3, 0.4) is 0 Å². The number of nitrogens with zero attached hydrogens (tertiary/aromatic N) is 1. The summed E-state index contributed by atoms with van der Waals surface area (Å²) < 4.78 is 4.95. The number of ether oxygens (including phenoxy) is 1. The van der Waals surface area contributed by atoms with E-state index in [0.29, 0.717) is 18.0 Å². The summed E-state index contributed by atoms with van der Waals surface area (Å²) in [4.78, 5) is 16.7. The van der Waals surface area contributed by atoms with Gasteiger partial charge in [-0.15, -0.1) is 12.6 Å². The van der Waals surface area contributed by atoms with Crippen molar-refractivity contribution in [2.45, 2.75) is 11.3 Å². The Morgan fingerprint density at radius 3 is 2.58 bits per heavy atom. The maximum absolute atomic E-state index is 11.8. The van der Waals surface area contributed by atoms with Crippen LogP contribution in [0, 0.1) is 0 Å². The SMILES string of the molecule is COc1ccc(NC(=O)Cc2ccc(S)cc2)cn1. The molecule has 1 heterocycles. The summed E-state index contributed by atoms with van der Waals surface area (Å²) >= 11 is 4.20. The smallest absolute Gasteiger partial charge is 0.228 e. The average Bonchev–Trinajstić information content (AvgIpc) is 2.42. The Hall–Kier alpha value is -2.01. The van der Waals surface area contributed by atoms with Crippen molar-refractivity contribution in [2.75, 3.05) is 12.4 Å². The summed E-state index contributed by atoms with van der Waals surface area (Å²) in [5.41, 5.74) is 1.59. The molecule has 0 atom stereocenters.